The van der Waals surface area contributed by atoms with Crippen molar-refractivity contribution < 1.29 is 9.47 Å². The molecule has 0 spiro atoms. The lowest BCUT2D eigenvalue weighted by Gasteiger charge is -2.27. The predicted octanol–water partition coefficient (Wildman–Crippen LogP) is 4.92. The molecule has 2 fully saturated rings. The Morgan fingerprint density at radius 2 is 1.75 bits per heavy atom. The first-order chi connectivity index (χ1) is 13.2. The molecule has 2 aliphatic rings. The molecule has 4 heterocycles. The molecule has 5 nitrogen and oxygen atoms in total. The van der Waals surface area contributed by atoms with Crippen molar-refractivity contribution in [2.24, 2.45) is 0 Å². The maximum atomic E-state index is 6.15. The van der Waals surface area contributed by atoms with Crippen LogP contribution in [-0.4, -0.2) is 42.4 Å². The zero-order valence-electron chi connectivity index (χ0n) is 15.7. The molecule has 0 aliphatic carbocycles. The summed E-state index contributed by atoms with van der Waals surface area (Å²) in [5, 5.41) is 4.43. The third kappa shape index (κ3) is 7.37. The third-order valence-corrected chi connectivity index (χ3v) is 5.16. The van der Waals surface area contributed by atoms with Gasteiger partial charge in [0.25, 0.3) is 0 Å². The minimum Gasteiger partial charge on any atom is -0.474 e. The van der Waals surface area contributed by atoms with Crippen LogP contribution in [0.5, 0.6) is 5.88 Å². The summed E-state index contributed by atoms with van der Waals surface area (Å²) in [5.41, 5.74) is 1.27. The van der Waals surface area contributed by atoms with Gasteiger partial charge < -0.3 is 14.8 Å². The van der Waals surface area contributed by atoms with Crippen LogP contribution in [0.25, 0.3) is 0 Å². The number of rotatable bonds is 3. The SMILES string of the molecule is Cl.Clc1ccc(Cl)nc1.c1cnc(OC2CCNCC2)c(C2CCOCC2)c1. The van der Waals surface area contributed by atoms with Crippen LogP contribution in [0.4, 0.5) is 0 Å². The van der Waals surface area contributed by atoms with Crippen molar-refractivity contribution in [2.75, 3.05) is 26.3 Å². The van der Waals surface area contributed by atoms with E-state index in [2.05, 4.69) is 21.4 Å². The summed E-state index contributed by atoms with van der Waals surface area (Å²) in [5.74, 6) is 1.39. The highest BCUT2D eigenvalue weighted by Crippen LogP contribution is 2.33. The summed E-state index contributed by atoms with van der Waals surface area (Å²) in [6.07, 6.45) is 7.95. The van der Waals surface area contributed by atoms with Gasteiger partial charge in [-0.05, 0) is 62.9 Å². The van der Waals surface area contributed by atoms with Gasteiger partial charge in [-0.3, -0.25) is 0 Å². The van der Waals surface area contributed by atoms with Crippen molar-refractivity contribution in [3.05, 3.63) is 52.4 Å². The van der Waals surface area contributed by atoms with E-state index in [1.165, 1.54) is 11.8 Å². The highest BCUT2D eigenvalue weighted by Gasteiger charge is 2.22. The Morgan fingerprint density at radius 1 is 1.00 bits per heavy atom. The number of hydrogen-bond acceptors (Lipinski definition) is 5. The van der Waals surface area contributed by atoms with E-state index < -0.39 is 0 Å². The van der Waals surface area contributed by atoms with E-state index in [1.807, 2.05) is 12.3 Å². The molecule has 8 heteroatoms. The van der Waals surface area contributed by atoms with Crippen LogP contribution in [0.1, 0.15) is 37.2 Å². The van der Waals surface area contributed by atoms with Crippen molar-refractivity contribution in [2.45, 2.75) is 37.7 Å². The lowest BCUT2D eigenvalue weighted by molar-refractivity contribution is 0.0832. The molecule has 2 aromatic rings. The fourth-order valence-corrected chi connectivity index (χ4v) is 3.47. The van der Waals surface area contributed by atoms with E-state index in [1.54, 1.807) is 12.1 Å². The van der Waals surface area contributed by atoms with Crippen molar-refractivity contribution in [1.29, 1.82) is 0 Å². The van der Waals surface area contributed by atoms with Crippen molar-refractivity contribution >= 4 is 35.6 Å². The number of hydrogen-bond donors (Lipinski definition) is 1. The molecule has 154 valence electrons. The Hall–Kier alpha value is -1.11. The van der Waals surface area contributed by atoms with E-state index in [4.69, 9.17) is 32.7 Å². The quantitative estimate of drug-likeness (QED) is 0.678. The van der Waals surface area contributed by atoms with Gasteiger partial charge in [0.2, 0.25) is 5.88 Å². The van der Waals surface area contributed by atoms with Crippen LogP contribution in [-0.2, 0) is 4.74 Å². The fraction of sp³-hybridized carbons (Fsp3) is 0.500. The van der Waals surface area contributed by atoms with Crippen LogP contribution >= 0.6 is 35.6 Å². The largest absolute Gasteiger partial charge is 0.474 e. The molecule has 2 saturated heterocycles. The molecule has 0 radical (unpaired) electrons. The molecule has 0 atom stereocenters. The number of aromatic nitrogens is 2. The Labute approximate surface area is 182 Å². The first-order valence-electron chi connectivity index (χ1n) is 9.39. The van der Waals surface area contributed by atoms with Gasteiger partial charge in [0, 0.05) is 31.2 Å². The lowest BCUT2D eigenvalue weighted by Crippen LogP contribution is -2.34. The van der Waals surface area contributed by atoms with E-state index in [0.717, 1.165) is 57.9 Å². The van der Waals surface area contributed by atoms with Gasteiger partial charge in [-0.15, -0.1) is 12.4 Å². The van der Waals surface area contributed by atoms with Crippen LogP contribution in [0.15, 0.2) is 36.7 Å². The highest BCUT2D eigenvalue weighted by molar-refractivity contribution is 6.31. The molecule has 4 rings (SSSR count). The van der Waals surface area contributed by atoms with Gasteiger partial charge in [0.15, 0.2) is 0 Å². The lowest BCUT2D eigenvalue weighted by atomic mass is 9.92. The number of pyridine rings is 2. The van der Waals surface area contributed by atoms with Gasteiger partial charge >= 0.3 is 0 Å². The molecule has 1 N–H and O–H groups in total. The van der Waals surface area contributed by atoms with Crippen molar-refractivity contribution in [1.82, 2.24) is 15.3 Å². The van der Waals surface area contributed by atoms with E-state index in [-0.39, 0.29) is 12.4 Å². The molecule has 2 aliphatic heterocycles. The first-order valence-corrected chi connectivity index (χ1v) is 10.1. The maximum Gasteiger partial charge on any atom is 0.217 e. The molecular formula is C20H26Cl3N3O2. The van der Waals surface area contributed by atoms with Gasteiger partial charge in [0.1, 0.15) is 11.3 Å². The molecule has 0 bridgehead atoms. The second-order valence-electron chi connectivity index (χ2n) is 6.65. The summed E-state index contributed by atoms with van der Waals surface area (Å²) in [6, 6.07) is 7.51. The second kappa shape index (κ2) is 12.5. The number of halogens is 3. The van der Waals surface area contributed by atoms with Gasteiger partial charge in [-0.1, -0.05) is 29.3 Å². The van der Waals surface area contributed by atoms with Gasteiger partial charge in [-0.2, -0.15) is 0 Å². The van der Waals surface area contributed by atoms with Crippen LogP contribution in [0.3, 0.4) is 0 Å². The summed E-state index contributed by atoms with van der Waals surface area (Å²) < 4.78 is 11.6. The summed E-state index contributed by atoms with van der Waals surface area (Å²) in [6.45, 7) is 3.80. The molecule has 28 heavy (non-hydrogen) atoms. The Kier molecular flexibility index (Phi) is 10.3. The standard InChI is InChI=1S/C15H22N2O2.C5H3Cl2N.ClH/c1-2-14(12-5-10-18-11-6-12)15(17-7-1)19-13-3-8-16-9-4-13;6-4-1-2-5(7)8-3-4;/h1-2,7,12-13,16H,3-6,8-11H2;1-3H;1H. The number of piperidine rings is 1. The molecule has 0 saturated carbocycles. The van der Waals surface area contributed by atoms with Gasteiger partial charge in [0.05, 0.1) is 5.02 Å². The summed E-state index contributed by atoms with van der Waals surface area (Å²) >= 11 is 10.9. The highest BCUT2D eigenvalue weighted by atomic mass is 35.5. The van der Waals surface area contributed by atoms with E-state index in [9.17, 15) is 0 Å². The minimum atomic E-state index is 0. The van der Waals surface area contributed by atoms with E-state index >= 15 is 0 Å². The average molecular weight is 447 g/mol. The predicted molar refractivity (Wildman–Crippen MR) is 115 cm³/mol. The smallest absolute Gasteiger partial charge is 0.217 e. The number of nitrogens with zero attached hydrogens (tertiary/aromatic N) is 2. The normalized spacial score (nSPS) is 17.8. The van der Waals surface area contributed by atoms with E-state index in [0.29, 0.717) is 22.2 Å². The summed E-state index contributed by atoms with van der Waals surface area (Å²) in [4.78, 5) is 8.18. The number of ether oxygens (including phenoxy) is 2. The topological polar surface area (TPSA) is 56.3 Å². The van der Waals surface area contributed by atoms with Gasteiger partial charge in [-0.25, -0.2) is 9.97 Å². The van der Waals surface area contributed by atoms with Crippen LogP contribution in [0.2, 0.25) is 10.2 Å². The van der Waals surface area contributed by atoms with Crippen molar-refractivity contribution in [3.63, 3.8) is 0 Å². The fourth-order valence-electron chi connectivity index (χ4n) is 3.25. The summed E-state index contributed by atoms with van der Waals surface area (Å²) in [7, 11) is 0. The van der Waals surface area contributed by atoms with Crippen LogP contribution in [0, 0.1) is 0 Å². The molecule has 2 aromatic heterocycles. The first kappa shape index (κ1) is 23.2. The monoisotopic (exact) mass is 445 g/mol. The molecule has 0 unspecified atom stereocenters. The number of nitrogens with one attached hydrogen (secondary N) is 1. The third-order valence-electron chi connectivity index (χ3n) is 4.72. The Morgan fingerprint density at radius 3 is 2.39 bits per heavy atom. The molecular weight excluding hydrogens is 421 g/mol. The molecule has 0 amide bonds. The zero-order valence-corrected chi connectivity index (χ0v) is 18.0. The zero-order chi connectivity index (χ0) is 18.9. The Bertz CT molecular complexity index is 670. The van der Waals surface area contributed by atoms with Crippen LogP contribution < -0.4 is 10.1 Å². The van der Waals surface area contributed by atoms with Crippen molar-refractivity contribution in [3.8, 4) is 5.88 Å². The minimum absolute atomic E-state index is 0. The maximum absolute atomic E-state index is 6.15. The second-order valence-corrected chi connectivity index (χ2v) is 7.47. The average Bonchev–Trinajstić information content (AvgIpc) is 2.73. The molecule has 0 aromatic carbocycles. The Balaban J connectivity index is 0.000000264.